The lowest BCUT2D eigenvalue weighted by Crippen LogP contribution is -2.36. The van der Waals surface area contributed by atoms with Crippen molar-refractivity contribution in [1.82, 2.24) is 4.90 Å². The lowest BCUT2D eigenvalue weighted by atomic mass is 10.1. The third kappa shape index (κ3) is 4.86. The third-order valence-corrected chi connectivity index (χ3v) is 3.81. The molecule has 1 fully saturated rings. The second-order valence-corrected chi connectivity index (χ2v) is 5.69. The van der Waals surface area contributed by atoms with Gasteiger partial charge in [0.25, 0.3) is 0 Å². The molecule has 0 spiro atoms. The van der Waals surface area contributed by atoms with Crippen LogP contribution in [0.15, 0.2) is 18.2 Å². The molecule has 0 saturated heterocycles. The van der Waals surface area contributed by atoms with Gasteiger partial charge >= 0.3 is 5.97 Å². The first-order chi connectivity index (χ1) is 9.95. The number of benzene rings is 1. The molecular weight excluding hydrogens is 268 g/mol. The number of amides is 1. The molecule has 0 aliphatic heterocycles. The van der Waals surface area contributed by atoms with Gasteiger partial charge in [0, 0.05) is 18.3 Å². The highest BCUT2D eigenvalue weighted by Crippen LogP contribution is 2.26. The summed E-state index contributed by atoms with van der Waals surface area (Å²) in [5, 5.41) is 11.6. The highest BCUT2D eigenvalue weighted by Gasteiger charge is 2.30. The number of carbonyl (C=O) groups is 2. The maximum Gasteiger partial charge on any atom is 0.304 e. The van der Waals surface area contributed by atoms with Gasteiger partial charge in [-0.05, 0) is 49.9 Å². The van der Waals surface area contributed by atoms with E-state index in [1.54, 1.807) is 0 Å². The molecule has 1 aliphatic carbocycles. The predicted octanol–water partition coefficient (Wildman–Crippen LogP) is 2.18. The van der Waals surface area contributed by atoms with Crippen molar-refractivity contribution in [3.05, 3.63) is 29.3 Å². The summed E-state index contributed by atoms with van der Waals surface area (Å²) in [6, 6.07) is 6.19. The first-order valence-electron chi connectivity index (χ1n) is 7.28. The van der Waals surface area contributed by atoms with Crippen LogP contribution < -0.4 is 5.32 Å². The summed E-state index contributed by atoms with van der Waals surface area (Å²) in [5.41, 5.74) is 3.11. The molecule has 21 heavy (non-hydrogen) atoms. The van der Waals surface area contributed by atoms with Crippen LogP contribution in [0.5, 0.6) is 0 Å². The van der Waals surface area contributed by atoms with E-state index in [1.807, 2.05) is 36.9 Å². The lowest BCUT2D eigenvalue weighted by Gasteiger charge is -2.20. The number of nitrogens with one attached hydrogen (secondary N) is 1. The summed E-state index contributed by atoms with van der Waals surface area (Å²) in [4.78, 5) is 24.7. The largest absolute Gasteiger partial charge is 0.481 e. The Bertz CT molecular complexity index is 538. The first-order valence-corrected chi connectivity index (χ1v) is 7.28. The third-order valence-electron chi connectivity index (χ3n) is 3.81. The van der Waals surface area contributed by atoms with Gasteiger partial charge in [-0.25, -0.2) is 0 Å². The molecule has 0 aromatic heterocycles. The van der Waals surface area contributed by atoms with Crippen molar-refractivity contribution in [2.24, 2.45) is 0 Å². The van der Waals surface area contributed by atoms with Crippen LogP contribution in [0.2, 0.25) is 0 Å². The molecule has 1 aliphatic rings. The van der Waals surface area contributed by atoms with E-state index in [2.05, 4.69) is 5.32 Å². The second-order valence-electron chi connectivity index (χ2n) is 5.69. The zero-order valence-electron chi connectivity index (χ0n) is 12.6. The fourth-order valence-corrected chi connectivity index (χ4v) is 2.27. The number of carboxylic acid groups (broad SMARTS) is 1. The second kappa shape index (κ2) is 6.72. The Morgan fingerprint density at radius 3 is 2.57 bits per heavy atom. The normalized spacial score (nSPS) is 14.2. The van der Waals surface area contributed by atoms with Crippen molar-refractivity contribution in [3.63, 3.8) is 0 Å². The molecule has 1 aromatic carbocycles. The molecule has 2 N–H and O–H groups in total. The molecule has 5 heteroatoms. The number of carboxylic acids is 1. The zero-order valence-corrected chi connectivity index (χ0v) is 12.6. The summed E-state index contributed by atoms with van der Waals surface area (Å²) in [5.74, 6) is -0.911. The minimum absolute atomic E-state index is 0.0768. The van der Waals surface area contributed by atoms with Crippen molar-refractivity contribution in [3.8, 4) is 0 Å². The van der Waals surface area contributed by atoms with Gasteiger partial charge in [0.2, 0.25) is 5.91 Å². The Labute approximate surface area is 125 Å². The number of rotatable bonds is 7. The summed E-state index contributed by atoms with van der Waals surface area (Å²) >= 11 is 0. The van der Waals surface area contributed by atoms with Gasteiger partial charge in [0.05, 0.1) is 13.0 Å². The highest BCUT2D eigenvalue weighted by molar-refractivity contribution is 5.92. The van der Waals surface area contributed by atoms with Gasteiger partial charge in [-0.3, -0.25) is 14.5 Å². The van der Waals surface area contributed by atoms with Crippen molar-refractivity contribution >= 4 is 17.6 Å². The Kier molecular flexibility index (Phi) is 4.96. The molecule has 114 valence electrons. The van der Waals surface area contributed by atoms with Gasteiger partial charge in [-0.15, -0.1) is 0 Å². The van der Waals surface area contributed by atoms with E-state index in [-0.39, 0.29) is 18.9 Å². The number of hydrogen-bond donors (Lipinski definition) is 2. The van der Waals surface area contributed by atoms with Crippen LogP contribution >= 0.6 is 0 Å². The lowest BCUT2D eigenvalue weighted by molar-refractivity contribution is -0.137. The standard InChI is InChI=1S/C16H22N2O3/c1-11-3-4-13(9-12(11)2)17-15(19)10-18(14-5-6-14)8-7-16(20)21/h3-4,9,14H,5-8,10H2,1-2H3,(H,17,19)(H,20,21). The summed E-state index contributed by atoms with van der Waals surface area (Å²) < 4.78 is 0. The topological polar surface area (TPSA) is 69.6 Å². The fraction of sp³-hybridized carbons (Fsp3) is 0.500. The molecular formula is C16H22N2O3. The Hall–Kier alpha value is -1.88. The first kappa shape index (κ1) is 15.5. The Balaban J connectivity index is 1.89. The van der Waals surface area contributed by atoms with E-state index in [0.29, 0.717) is 12.6 Å². The van der Waals surface area contributed by atoms with E-state index in [0.717, 1.165) is 24.1 Å². The quantitative estimate of drug-likeness (QED) is 0.807. The predicted molar refractivity (Wildman–Crippen MR) is 81.4 cm³/mol. The Morgan fingerprint density at radius 2 is 2.00 bits per heavy atom. The van der Waals surface area contributed by atoms with Gasteiger partial charge in [0.15, 0.2) is 0 Å². The number of aryl methyl sites for hydroxylation is 2. The average Bonchev–Trinajstić information content (AvgIpc) is 3.23. The number of anilines is 1. The molecule has 1 amide bonds. The maximum atomic E-state index is 12.1. The number of hydrogen-bond acceptors (Lipinski definition) is 3. The van der Waals surface area contributed by atoms with E-state index < -0.39 is 5.97 Å². The highest BCUT2D eigenvalue weighted by atomic mass is 16.4. The maximum absolute atomic E-state index is 12.1. The van der Waals surface area contributed by atoms with Crippen LogP contribution in [0.3, 0.4) is 0 Å². The molecule has 0 atom stereocenters. The molecule has 0 unspecified atom stereocenters. The monoisotopic (exact) mass is 290 g/mol. The van der Waals surface area contributed by atoms with Crippen LogP contribution in [0.1, 0.15) is 30.4 Å². The van der Waals surface area contributed by atoms with Crippen molar-refractivity contribution < 1.29 is 14.7 Å². The van der Waals surface area contributed by atoms with Gasteiger partial charge < -0.3 is 10.4 Å². The molecule has 1 saturated carbocycles. The van der Waals surface area contributed by atoms with Crippen LogP contribution in [0.4, 0.5) is 5.69 Å². The van der Waals surface area contributed by atoms with Gasteiger partial charge in [-0.1, -0.05) is 6.07 Å². The minimum atomic E-state index is -0.824. The molecule has 5 nitrogen and oxygen atoms in total. The van der Waals surface area contributed by atoms with Crippen LogP contribution in [0.25, 0.3) is 0 Å². The van der Waals surface area contributed by atoms with E-state index >= 15 is 0 Å². The smallest absolute Gasteiger partial charge is 0.304 e. The van der Waals surface area contributed by atoms with E-state index in [9.17, 15) is 9.59 Å². The molecule has 0 heterocycles. The van der Waals surface area contributed by atoms with E-state index in [1.165, 1.54) is 5.56 Å². The number of aliphatic carboxylic acids is 1. The summed E-state index contributed by atoms with van der Waals surface area (Å²) in [7, 11) is 0. The van der Waals surface area contributed by atoms with Gasteiger partial charge in [-0.2, -0.15) is 0 Å². The van der Waals surface area contributed by atoms with Crippen LogP contribution in [-0.4, -0.2) is 41.0 Å². The minimum Gasteiger partial charge on any atom is -0.481 e. The Morgan fingerprint density at radius 1 is 1.29 bits per heavy atom. The van der Waals surface area contributed by atoms with Crippen LogP contribution in [-0.2, 0) is 9.59 Å². The average molecular weight is 290 g/mol. The number of carbonyl (C=O) groups excluding carboxylic acids is 1. The number of nitrogens with zero attached hydrogens (tertiary/aromatic N) is 1. The summed E-state index contributed by atoms with van der Waals surface area (Å²) in [6.45, 7) is 4.72. The van der Waals surface area contributed by atoms with Crippen LogP contribution in [0, 0.1) is 13.8 Å². The van der Waals surface area contributed by atoms with Crippen molar-refractivity contribution in [2.45, 2.75) is 39.2 Å². The van der Waals surface area contributed by atoms with Gasteiger partial charge in [0.1, 0.15) is 0 Å². The summed E-state index contributed by atoms with van der Waals surface area (Å²) in [6.07, 6.45) is 2.18. The molecule has 0 radical (unpaired) electrons. The molecule has 0 bridgehead atoms. The van der Waals surface area contributed by atoms with E-state index in [4.69, 9.17) is 5.11 Å². The SMILES string of the molecule is Cc1ccc(NC(=O)CN(CCC(=O)O)C2CC2)cc1C. The van der Waals surface area contributed by atoms with Crippen molar-refractivity contribution in [2.75, 3.05) is 18.4 Å². The fourth-order valence-electron chi connectivity index (χ4n) is 2.27. The molecule has 1 aromatic rings. The molecule has 2 rings (SSSR count). The zero-order chi connectivity index (χ0) is 15.4. The van der Waals surface area contributed by atoms with Crippen molar-refractivity contribution in [1.29, 1.82) is 0 Å².